The van der Waals surface area contributed by atoms with Crippen LogP contribution in [0.15, 0.2) is 40.3 Å². The SMILES string of the molecule is CCN(CC)CCn1nc2c3c(c(CN)ccc31)Sc1cccnc1-2. The third-order valence-corrected chi connectivity index (χ3v) is 6.12. The molecule has 0 unspecified atom stereocenters. The molecule has 25 heavy (non-hydrogen) atoms. The molecule has 1 aromatic carbocycles. The zero-order valence-corrected chi connectivity index (χ0v) is 15.5. The first-order valence-electron chi connectivity index (χ1n) is 8.84. The van der Waals surface area contributed by atoms with Crippen molar-refractivity contribution >= 4 is 22.7 Å². The average molecular weight is 353 g/mol. The predicted molar refractivity (Wildman–Crippen MR) is 103 cm³/mol. The van der Waals surface area contributed by atoms with E-state index in [1.807, 2.05) is 12.3 Å². The molecule has 1 aliphatic rings. The number of rotatable bonds is 6. The van der Waals surface area contributed by atoms with Gasteiger partial charge in [0, 0.05) is 34.5 Å². The number of pyridine rings is 1. The Bertz CT molecular complexity index is 914. The van der Waals surface area contributed by atoms with Crippen LogP contribution in [-0.4, -0.2) is 39.3 Å². The van der Waals surface area contributed by atoms with Crippen molar-refractivity contribution < 1.29 is 0 Å². The highest BCUT2D eigenvalue weighted by molar-refractivity contribution is 7.99. The first-order valence-corrected chi connectivity index (χ1v) is 9.66. The molecule has 0 fully saturated rings. The number of likely N-dealkylation sites (N-methyl/N-ethyl adjacent to an activating group) is 1. The fraction of sp³-hybridized carbons (Fsp3) is 0.368. The molecule has 3 aromatic rings. The van der Waals surface area contributed by atoms with Crippen molar-refractivity contribution in [1.29, 1.82) is 0 Å². The van der Waals surface area contributed by atoms with Gasteiger partial charge in [0.25, 0.3) is 0 Å². The zero-order chi connectivity index (χ0) is 17.4. The zero-order valence-electron chi connectivity index (χ0n) is 14.7. The third-order valence-electron chi connectivity index (χ3n) is 4.90. The standard InChI is InChI=1S/C19H23N5S/c1-3-23(4-2)10-11-24-14-8-7-13(12-20)19-16(14)18(22-24)17-15(25-19)6-5-9-21-17/h5-9H,3-4,10-12,20H2,1-2H3. The van der Waals surface area contributed by atoms with Gasteiger partial charge in [0.05, 0.1) is 12.1 Å². The van der Waals surface area contributed by atoms with Crippen LogP contribution in [0.2, 0.25) is 0 Å². The van der Waals surface area contributed by atoms with Crippen molar-refractivity contribution in [3.63, 3.8) is 0 Å². The average Bonchev–Trinajstić information content (AvgIpc) is 3.03. The van der Waals surface area contributed by atoms with Crippen LogP contribution < -0.4 is 5.73 Å². The van der Waals surface area contributed by atoms with Crippen LogP contribution in [-0.2, 0) is 13.1 Å². The Morgan fingerprint density at radius 3 is 2.76 bits per heavy atom. The van der Waals surface area contributed by atoms with Crippen LogP contribution in [0.5, 0.6) is 0 Å². The first-order chi connectivity index (χ1) is 12.3. The van der Waals surface area contributed by atoms with Crippen LogP contribution >= 0.6 is 11.8 Å². The maximum atomic E-state index is 5.99. The maximum absolute atomic E-state index is 5.99. The molecular formula is C19H23N5S. The van der Waals surface area contributed by atoms with E-state index in [-0.39, 0.29) is 0 Å². The summed E-state index contributed by atoms with van der Waals surface area (Å²) in [6.45, 7) is 8.94. The lowest BCUT2D eigenvalue weighted by molar-refractivity contribution is 0.287. The summed E-state index contributed by atoms with van der Waals surface area (Å²) >= 11 is 1.77. The number of hydrogen-bond acceptors (Lipinski definition) is 5. The maximum Gasteiger partial charge on any atom is 0.121 e. The van der Waals surface area contributed by atoms with Gasteiger partial charge in [-0.2, -0.15) is 5.10 Å². The van der Waals surface area contributed by atoms with Crippen molar-refractivity contribution in [2.45, 2.75) is 36.7 Å². The van der Waals surface area contributed by atoms with Crippen molar-refractivity contribution in [3.8, 4) is 11.4 Å². The number of nitrogens with two attached hydrogens (primary N) is 1. The number of hydrogen-bond donors (Lipinski definition) is 1. The lowest BCUT2D eigenvalue weighted by atomic mass is 10.1. The molecule has 0 radical (unpaired) electrons. The van der Waals surface area contributed by atoms with E-state index in [9.17, 15) is 0 Å². The minimum Gasteiger partial charge on any atom is -0.326 e. The molecule has 4 rings (SSSR count). The van der Waals surface area contributed by atoms with Gasteiger partial charge in [0.15, 0.2) is 0 Å². The molecular weight excluding hydrogens is 330 g/mol. The minimum absolute atomic E-state index is 0.540. The summed E-state index contributed by atoms with van der Waals surface area (Å²) in [5.74, 6) is 0. The minimum atomic E-state index is 0.540. The lowest BCUT2D eigenvalue weighted by Gasteiger charge is -2.18. The molecule has 0 atom stereocenters. The number of benzene rings is 1. The Balaban J connectivity index is 1.85. The quantitative estimate of drug-likeness (QED) is 0.576. The van der Waals surface area contributed by atoms with E-state index in [1.54, 1.807) is 11.8 Å². The van der Waals surface area contributed by atoms with Gasteiger partial charge in [-0.15, -0.1) is 0 Å². The van der Waals surface area contributed by atoms with Gasteiger partial charge in [0.2, 0.25) is 0 Å². The van der Waals surface area contributed by atoms with E-state index in [2.05, 4.69) is 46.6 Å². The van der Waals surface area contributed by atoms with E-state index < -0.39 is 0 Å². The summed E-state index contributed by atoms with van der Waals surface area (Å²) < 4.78 is 2.14. The van der Waals surface area contributed by atoms with Crippen LogP contribution in [0.1, 0.15) is 19.4 Å². The van der Waals surface area contributed by atoms with Gasteiger partial charge in [-0.25, -0.2) is 0 Å². The van der Waals surface area contributed by atoms with Gasteiger partial charge >= 0.3 is 0 Å². The Morgan fingerprint density at radius 1 is 1.16 bits per heavy atom. The second kappa shape index (κ2) is 6.78. The van der Waals surface area contributed by atoms with Crippen molar-refractivity contribution in [2.75, 3.05) is 19.6 Å². The summed E-state index contributed by atoms with van der Waals surface area (Å²) in [4.78, 5) is 9.42. The van der Waals surface area contributed by atoms with Crippen LogP contribution in [0.4, 0.5) is 0 Å². The normalized spacial score (nSPS) is 12.8. The summed E-state index contributed by atoms with van der Waals surface area (Å²) in [5, 5.41) is 6.16. The number of nitrogens with zero attached hydrogens (tertiary/aromatic N) is 4. The van der Waals surface area contributed by atoms with Crippen molar-refractivity contribution in [2.24, 2.45) is 5.73 Å². The molecule has 5 nitrogen and oxygen atoms in total. The van der Waals surface area contributed by atoms with Crippen molar-refractivity contribution in [3.05, 3.63) is 36.0 Å². The molecule has 0 amide bonds. The third kappa shape index (κ3) is 2.74. The molecule has 3 heterocycles. The van der Waals surface area contributed by atoms with E-state index in [0.717, 1.165) is 42.5 Å². The number of aromatic nitrogens is 3. The largest absolute Gasteiger partial charge is 0.326 e. The molecule has 2 aromatic heterocycles. The van der Waals surface area contributed by atoms with E-state index >= 15 is 0 Å². The van der Waals surface area contributed by atoms with Crippen LogP contribution in [0.3, 0.4) is 0 Å². The van der Waals surface area contributed by atoms with Gasteiger partial charge in [-0.05, 0) is 36.9 Å². The summed E-state index contributed by atoms with van der Waals surface area (Å²) in [6, 6.07) is 8.40. The second-order valence-electron chi connectivity index (χ2n) is 6.20. The van der Waals surface area contributed by atoms with Crippen LogP contribution in [0, 0.1) is 0 Å². The van der Waals surface area contributed by atoms with Crippen LogP contribution in [0.25, 0.3) is 22.3 Å². The molecule has 0 saturated heterocycles. The summed E-state index contributed by atoms with van der Waals surface area (Å²) in [6.07, 6.45) is 1.85. The Kier molecular flexibility index (Phi) is 4.50. The molecule has 0 aliphatic carbocycles. The smallest absolute Gasteiger partial charge is 0.121 e. The Hall–Kier alpha value is -1.89. The first kappa shape index (κ1) is 16.6. The Labute approximate surface area is 152 Å². The van der Waals surface area contributed by atoms with Gasteiger partial charge < -0.3 is 10.6 Å². The topological polar surface area (TPSA) is 60.0 Å². The van der Waals surface area contributed by atoms with Gasteiger partial charge in [-0.3, -0.25) is 9.67 Å². The highest BCUT2D eigenvalue weighted by Crippen LogP contribution is 2.47. The Morgan fingerprint density at radius 2 is 2.00 bits per heavy atom. The van der Waals surface area contributed by atoms with E-state index in [4.69, 9.17) is 10.8 Å². The van der Waals surface area contributed by atoms with E-state index in [1.165, 1.54) is 21.4 Å². The monoisotopic (exact) mass is 353 g/mol. The highest BCUT2D eigenvalue weighted by atomic mass is 32.2. The summed E-state index contributed by atoms with van der Waals surface area (Å²) in [5.41, 5.74) is 10.3. The molecule has 1 aliphatic heterocycles. The molecule has 0 bridgehead atoms. The highest BCUT2D eigenvalue weighted by Gasteiger charge is 2.26. The lowest BCUT2D eigenvalue weighted by Crippen LogP contribution is -2.27. The molecule has 0 spiro atoms. The second-order valence-corrected chi connectivity index (χ2v) is 7.26. The van der Waals surface area contributed by atoms with E-state index in [0.29, 0.717) is 6.54 Å². The molecule has 130 valence electrons. The van der Waals surface area contributed by atoms with Gasteiger partial charge in [0.1, 0.15) is 11.4 Å². The number of fused-ring (bicyclic) bond motifs is 2. The molecule has 2 N–H and O–H groups in total. The predicted octanol–water partition coefficient (Wildman–Crippen LogP) is 3.36. The van der Waals surface area contributed by atoms with Crippen molar-refractivity contribution in [1.82, 2.24) is 19.7 Å². The van der Waals surface area contributed by atoms with Gasteiger partial charge in [-0.1, -0.05) is 31.7 Å². The fourth-order valence-electron chi connectivity index (χ4n) is 3.43. The fourth-order valence-corrected chi connectivity index (χ4v) is 4.63. The molecule has 6 heteroatoms. The molecule has 0 saturated carbocycles. The summed E-state index contributed by atoms with van der Waals surface area (Å²) in [7, 11) is 0.